The molecule has 3 rings (SSSR count). The average Bonchev–Trinajstić information content (AvgIpc) is 2.99. The lowest BCUT2D eigenvalue weighted by molar-refractivity contribution is 0.171. The summed E-state index contributed by atoms with van der Waals surface area (Å²) < 4.78 is 20.5. The molecule has 0 saturated carbocycles. The fourth-order valence-corrected chi connectivity index (χ4v) is 2.90. The Balaban J connectivity index is 1.66. The van der Waals surface area contributed by atoms with E-state index >= 15 is 0 Å². The van der Waals surface area contributed by atoms with Gasteiger partial charge in [0.2, 0.25) is 5.13 Å². The average molecular weight is 321 g/mol. The van der Waals surface area contributed by atoms with Crippen LogP contribution >= 0.6 is 11.5 Å². The third-order valence-electron chi connectivity index (χ3n) is 3.40. The van der Waals surface area contributed by atoms with Crippen molar-refractivity contribution in [2.75, 3.05) is 32.2 Å². The number of nitrogens with one attached hydrogen (secondary N) is 1. The number of methoxy groups -OCH3 is 1. The molecule has 0 amide bonds. The molecule has 0 fully saturated rings. The van der Waals surface area contributed by atoms with Crippen molar-refractivity contribution in [2.45, 2.75) is 19.4 Å². The van der Waals surface area contributed by atoms with Crippen LogP contribution in [0.25, 0.3) is 0 Å². The highest BCUT2D eigenvalue weighted by atomic mass is 32.1. The molecule has 1 aromatic carbocycles. The number of rotatable bonds is 6. The van der Waals surface area contributed by atoms with Gasteiger partial charge in [-0.1, -0.05) is 6.07 Å². The Morgan fingerprint density at radius 1 is 1.32 bits per heavy atom. The van der Waals surface area contributed by atoms with Gasteiger partial charge in [0.1, 0.15) is 19.0 Å². The van der Waals surface area contributed by atoms with E-state index in [0.717, 1.165) is 34.4 Å². The molecular weight excluding hydrogens is 302 g/mol. The minimum atomic E-state index is 0.110. The van der Waals surface area contributed by atoms with Crippen LogP contribution in [-0.2, 0) is 11.2 Å². The Morgan fingerprint density at radius 2 is 2.14 bits per heavy atom. The standard InChI is InChI=1S/C15H19N3O3S/c1-10(16-15-17-14(18-22-15)5-6-19-2)11-3-4-12-13(9-11)21-8-7-20-12/h3-4,9-10H,5-8H2,1-2H3,(H,16,17,18). The normalized spacial score (nSPS) is 14.6. The largest absolute Gasteiger partial charge is 0.486 e. The van der Waals surface area contributed by atoms with Crippen molar-refractivity contribution in [3.8, 4) is 11.5 Å². The lowest BCUT2D eigenvalue weighted by atomic mass is 10.1. The molecule has 22 heavy (non-hydrogen) atoms. The molecule has 1 aromatic heterocycles. The van der Waals surface area contributed by atoms with Gasteiger partial charge in [-0.25, -0.2) is 4.98 Å². The second-order valence-corrected chi connectivity index (χ2v) is 5.78. The topological polar surface area (TPSA) is 65.5 Å². The van der Waals surface area contributed by atoms with Gasteiger partial charge in [-0.2, -0.15) is 4.37 Å². The quantitative estimate of drug-likeness (QED) is 0.882. The molecule has 0 spiro atoms. The molecule has 118 valence electrons. The van der Waals surface area contributed by atoms with Crippen LogP contribution in [0.15, 0.2) is 18.2 Å². The van der Waals surface area contributed by atoms with Crippen molar-refractivity contribution in [1.29, 1.82) is 0 Å². The maximum Gasteiger partial charge on any atom is 0.203 e. The van der Waals surface area contributed by atoms with E-state index in [9.17, 15) is 0 Å². The van der Waals surface area contributed by atoms with Crippen LogP contribution in [0.1, 0.15) is 24.4 Å². The summed E-state index contributed by atoms with van der Waals surface area (Å²) in [6.07, 6.45) is 0.729. The summed E-state index contributed by atoms with van der Waals surface area (Å²) in [6.45, 7) is 3.92. The molecule has 1 N–H and O–H groups in total. The van der Waals surface area contributed by atoms with E-state index in [0.29, 0.717) is 19.8 Å². The smallest absolute Gasteiger partial charge is 0.203 e. The summed E-state index contributed by atoms with van der Waals surface area (Å²) in [6, 6.07) is 6.11. The van der Waals surface area contributed by atoms with E-state index in [1.165, 1.54) is 11.5 Å². The first-order valence-electron chi connectivity index (χ1n) is 7.24. The summed E-state index contributed by atoms with van der Waals surface area (Å²) in [7, 11) is 1.68. The molecule has 2 heterocycles. The highest BCUT2D eigenvalue weighted by Crippen LogP contribution is 2.33. The molecule has 2 aromatic rings. The maximum absolute atomic E-state index is 5.62. The van der Waals surface area contributed by atoms with Gasteiger partial charge in [-0.15, -0.1) is 0 Å². The highest BCUT2D eigenvalue weighted by Gasteiger charge is 2.15. The second-order valence-electron chi connectivity index (χ2n) is 5.03. The molecule has 1 atom stereocenters. The zero-order valence-electron chi connectivity index (χ0n) is 12.7. The van der Waals surface area contributed by atoms with E-state index in [1.54, 1.807) is 7.11 Å². The summed E-state index contributed by atoms with van der Waals surface area (Å²) >= 11 is 1.37. The fraction of sp³-hybridized carbons (Fsp3) is 0.467. The highest BCUT2D eigenvalue weighted by molar-refractivity contribution is 7.09. The van der Waals surface area contributed by atoms with E-state index < -0.39 is 0 Å². The number of nitrogens with zero attached hydrogens (tertiary/aromatic N) is 2. The molecule has 0 saturated heterocycles. The van der Waals surface area contributed by atoms with Crippen LogP contribution in [0.5, 0.6) is 11.5 Å². The maximum atomic E-state index is 5.62. The lowest BCUT2D eigenvalue weighted by Gasteiger charge is -2.20. The number of hydrogen-bond acceptors (Lipinski definition) is 7. The first-order valence-corrected chi connectivity index (χ1v) is 8.01. The van der Waals surface area contributed by atoms with E-state index in [-0.39, 0.29) is 6.04 Å². The Hall–Kier alpha value is -1.86. The minimum absolute atomic E-state index is 0.110. The number of benzene rings is 1. The molecule has 0 aliphatic carbocycles. The summed E-state index contributed by atoms with van der Waals surface area (Å²) in [5.41, 5.74) is 1.12. The molecule has 0 bridgehead atoms. The van der Waals surface area contributed by atoms with Crippen molar-refractivity contribution in [3.63, 3.8) is 0 Å². The van der Waals surface area contributed by atoms with Crippen molar-refractivity contribution in [2.24, 2.45) is 0 Å². The Morgan fingerprint density at radius 3 is 2.95 bits per heavy atom. The van der Waals surface area contributed by atoms with E-state index in [4.69, 9.17) is 14.2 Å². The molecule has 6 nitrogen and oxygen atoms in total. The van der Waals surface area contributed by atoms with Crippen LogP contribution in [0.4, 0.5) is 5.13 Å². The molecule has 0 radical (unpaired) electrons. The molecular formula is C15H19N3O3S. The van der Waals surface area contributed by atoms with Crippen LogP contribution < -0.4 is 14.8 Å². The summed E-state index contributed by atoms with van der Waals surface area (Å²) in [4.78, 5) is 4.46. The van der Waals surface area contributed by atoms with Gasteiger partial charge in [0, 0.05) is 25.1 Å². The van der Waals surface area contributed by atoms with Gasteiger partial charge in [0.25, 0.3) is 0 Å². The van der Waals surface area contributed by atoms with Gasteiger partial charge in [-0.05, 0) is 24.6 Å². The van der Waals surface area contributed by atoms with Crippen LogP contribution in [-0.4, -0.2) is 36.3 Å². The zero-order chi connectivity index (χ0) is 15.4. The van der Waals surface area contributed by atoms with Gasteiger partial charge < -0.3 is 19.5 Å². The molecule has 1 aliphatic heterocycles. The number of aromatic nitrogens is 2. The number of ether oxygens (including phenoxy) is 3. The number of hydrogen-bond donors (Lipinski definition) is 1. The fourth-order valence-electron chi connectivity index (χ4n) is 2.21. The van der Waals surface area contributed by atoms with Crippen molar-refractivity contribution < 1.29 is 14.2 Å². The predicted octanol–water partition coefficient (Wildman–Crippen LogP) is 2.67. The number of anilines is 1. The van der Waals surface area contributed by atoms with E-state index in [2.05, 4.69) is 21.6 Å². The molecule has 1 unspecified atom stereocenters. The van der Waals surface area contributed by atoms with E-state index in [1.807, 2.05) is 18.2 Å². The summed E-state index contributed by atoms with van der Waals surface area (Å²) in [5.74, 6) is 2.42. The van der Waals surface area contributed by atoms with Gasteiger partial charge in [0.05, 0.1) is 12.6 Å². The molecule has 1 aliphatic rings. The third kappa shape index (κ3) is 3.48. The van der Waals surface area contributed by atoms with Crippen molar-refractivity contribution in [1.82, 2.24) is 9.36 Å². The van der Waals surface area contributed by atoms with Crippen LogP contribution in [0, 0.1) is 0 Å². The minimum Gasteiger partial charge on any atom is -0.486 e. The van der Waals surface area contributed by atoms with Gasteiger partial charge in [0.15, 0.2) is 11.5 Å². The van der Waals surface area contributed by atoms with Crippen molar-refractivity contribution >= 4 is 16.7 Å². The lowest BCUT2D eigenvalue weighted by Crippen LogP contribution is -2.16. The Bertz CT molecular complexity index is 632. The van der Waals surface area contributed by atoms with Gasteiger partial charge >= 0.3 is 0 Å². The monoisotopic (exact) mass is 321 g/mol. The Labute approximate surface area is 133 Å². The Kier molecular flexibility index (Phi) is 4.74. The van der Waals surface area contributed by atoms with Gasteiger partial charge in [-0.3, -0.25) is 0 Å². The first kappa shape index (κ1) is 15.1. The number of fused-ring (bicyclic) bond motifs is 1. The first-order chi connectivity index (χ1) is 10.8. The third-order valence-corrected chi connectivity index (χ3v) is 4.09. The molecule has 7 heteroatoms. The van der Waals surface area contributed by atoms with Crippen molar-refractivity contribution in [3.05, 3.63) is 29.6 Å². The summed E-state index contributed by atoms with van der Waals surface area (Å²) in [5, 5.41) is 4.18. The zero-order valence-corrected chi connectivity index (χ0v) is 13.5. The van der Waals surface area contributed by atoms with Crippen LogP contribution in [0.2, 0.25) is 0 Å². The predicted molar refractivity (Wildman–Crippen MR) is 85.0 cm³/mol. The SMILES string of the molecule is COCCc1nsc(NC(C)c2ccc3c(c2)OCCO3)n1. The van der Waals surface area contributed by atoms with Crippen LogP contribution in [0.3, 0.4) is 0 Å². The second kappa shape index (κ2) is 6.93.